The molecule has 0 spiro atoms. The lowest BCUT2D eigenvalue weighted by atomic mass is 10.0. The Balaban J connectivity index is 0.000000185. The predicted molar refractivity (Wildman–Crippen MR) is 157 cm³/mol. The van der Waals surface area contributed by atoms with Gasteiger partial charge in [0.25, 0.3) is 0 Å². The molecule has 0 aromatic heterocycles. The first kappa shape index (κ1) is 35.0. The Morgan fingerprint density at radius 1 is 0.702 bits per heavy atom. The number of ether oxygens (including phenoxy) is 4. The number of nitrogens with one attached hydrogen (secondary N) is 4. The van der Waals surface area contributed by atoms with E-state index >= 15 is 0 Å². The van der Waals surface area contributed by atoms with E-state index < -0.39 is 57.0 Å². The van der Waals surface area contributed by atoms with Crippen LogP contribution in [0.5, 0.6) is 0 Å². The normalized spacial score (nSPS) is 26.2. The van der Waals surface area contributed by atoms with Crippen molar-refractivity contribution in [2.24, 2.45) is 0 Å². The molecule has 4 fully saturated rings. The third kappa shape index (κ3) is 10.6. The fourth-order valence-electron chi connectivity index (χ4n) is 5.88. The number of morpholine rings is 2. The minimum atomic E-state index is -4.43. The van der Waals surface area contributed by atoms with Gasteiger partial charge in [-0.3, -0.25) is 9.59 Å². The largest absolute Gasteiger partial charge is 0.411 e. The van der Waals surface area contributed by atoms with Gasteiger partial charge in [-0.15, -0.1) is 0 Å². The average molecular weight is 675 g/mol. The highest BCUT2D eigenvalue weighted by molar-refractivity contribution is 5.92. The number of hydrogen-bond acceptors (Lipinski definition) is 8. The fraction of sp³-hybridized carbons (Fsp3) is 0.548. The molecule has 2 aromatic carbocycles. The Bertz CT molecular complexity index is 1340. The zero-order valence-corrected chi connectivity index (χ0v) is 25.2. The monoisotopic (exact) mass is 674 g/mol. The molecule has 2 aromatic rings. The molecule has 4 heterocycles. The molecule has 4 N–H and O–H groups in total. The summed E-state index contributed by atoms with van der Waals surface area (Å²) in [5, 5.41) is 11.9. The van der Waals surface area contributed by atoms with Gasteiger partial charge in [0, 0.05) is 36.5 Å². The molecule has 10 nitrogen and oxygen atoms in total. The van der Waals surface area contributed by atoms with E-state index in [0.717, 1.165) is 37.1 Å². The van der Waals surface area contributed by atoms with E-state index in [4.69, 9.17) is 14.2 Å². The van der Waals surface area contributed by atoms with Gasteiger partial charge in [0.1, 0.15) is 19.8 Å². The molecule has 4 saturated heterocycles. The standard InChI is InChI=1S/C16H19F3N2O3.C15H17F3N2O3/c17-16(18,19)5-6-23-9-14(22)21-11-3-1-10(2-4-11)15-13-7-12(24-15)8-20-13;16-15(17,18)8-22-7-13(21)20-10-3-1-9(2-4-10)14-12-5-11(23-14)6-19-12/h1-4,12-13,15,20H,5-9H2,(H,21,22);1-4,11-12,14,19H,5-8H2,(H,20,21)/t12-,13-,15+;11-,12-,14+/m01/s1. The minimum absolute atomic E-state index is 0.00798. The van der Waals surface area contributed by atoms with E-state index in [2.05, 4.69) is 26.0 Å². The number of alkyl halides is 6. The maximum Gasteiger partial charge on any atom is 0.411 e. The summed E-state index contributed by atoms with van der Waals surface area (Å²) in [6.45, 7) is -1.23. The molecule has 258 valence electrons. The first-order valence-corrected chi connectivity index (χ1v) is 15.2. The van der Waals surface area contributed by atoms with E-state index in [-0.39, 0.29) is 24.4 Å². The van der Waals surface area contributed by atoms with Gasteiger partial charge in [0.15, 0.2) is 0 Å². The van der Waals surface area contributed by atoms with Crippen molar-refractivity contribution in [3.05, 3.63) is 59.7 Å². The SMILES string of the molecule is O=C(COCC(F)(F)F)Nc1ccc([C@@H]2O[C@H]3CN[C@@H]2C3)cc1.O=C(COCCC(F)(F)F)Nc1ccc([C@H]2O[C@@H]3CN[C@H]2C3)cc1. The first-order chi connectivity index (χ1) is 22.3. The van der Waals surface area contributed by atoms with E-state index in [0.29, 0.717) is 23.5 Å². The van der Waals surface area contributed by atoms with Crippen molar-refractivity contribution in [1.82, 2.24) is 10.6 Å². The van der Waals surface area contributed by atoms with E-state index in [1.165, 1.54) is 0 Å². The summed E-state index contributed by atoms with van der Waals surface area (Å²) < 4.78 is 92.4. The highest BCUT2D eigenvalue weighted by Gasteiger charge is 2.42. The molecule has 0 unspecified atom stereocenters. The molecule has 16 heteroatoms. The number of benzene rings is 2. The number of fused-ring (bicyclic) bond motifs is 4. The zero-order chi connectivity index (χ0) is 33.6. The molecule has 2 amide bonds. The van der Waals surface area contributed by atoms with Crippen molar-refractivity contribution in [3.8, 4) is 0 Å². The van der Waals surface area contributed by atoms with Crippen molar-refractivity contribution in [3.63, 3.8) is 0 Å². The number of carbonyl (C=O) groups is 2. The van der Waals surface area contributed by atoms with Crippen molar-refractivity contribution >= 4 is 23.2 Å². The molecule has 4 aliphatic heterocycles. The van der Waals surface area contributed by atoms with Crippen LogP contribution in [-0.4, -0.2) is 88.0 Å². The summed E-state index contributed by atoms with van der Waals surface area (Å²) in [6, 6.07) is 15.0. The quantitative estimate of drug-likeness (QED) is 0.205. The maximum absolute atomic E-state index is 12.0. The number of hydrogen-bond donors (Lipinski definition) is 4. The van der Waals surface area contributed by atoms with Crippen LogP contribution in [0.25, 0.3) is 0 Å². The minimum Gasteiger partial charge on any atom is -0.371 e. The lowest BCUT2D eigenvalue weighted by Crippen LogP contribution is -2.33. The summed E-state index contributed by atoms with van der Waals surface area (Å²) in [4.78, 5) is 23.1. The lowest BCUT2D eigenvalue weighted by Gasteiger charge is -2.23. The summed E-state index contributed by atoms with van der Waals surface area (Å²) in [6.07, 6.45) is -7.19. The molecule has 47 heavy (non-hydrogen) atoms. The van der Waals surface area contributed by atoms with E-state index in [9.17, 15) is 35.9 Å². The zero-order valence-electron chi connectivity index (χ0n) is 25.2. The van der Waals surface area contributed by atoms with Crippen LogP contribution in [-0.2, 0) is 28.5 Å². The maximum atomic E-state index is 12.0. The summed E-state index contributed by atoms with van der Waals surface area (Å²) in [5.41, 5.74) is 3.12. The second-order valence-electron chi connectivity index (χ2n) is 11.7. The average Bonchev–Trinajstić information content (AvgIpc) is 3.83. The molecule has 0 aliphatic carbocycles. The van der Waals surface area contributed by atoms with Gasteiger partial charge in [-0.05, 0) is 48.2 Å². The Labute approximate surface area is 266 Å². The topological polar surface area (TPSA) is 119 Å². The number of halogens is 6. The van der Waals surface area contributed by atoms with Crippen molar-refractivity contribution in [1.29, 1.82) is 0 Å². The Kier molecular flexibility index (Phi) is 11.4. The molecule has 4 aliphatic rings. The second kappa shape index (κ2) is 15.3. The number of carbonyl (C=O) groups excluding carboxylic acids is 2. The molecule has 4 bridgehead atoms. The van der Waals surface area contributed by atoms with Crippen molar-refractivity contribution in [2.75, 3.05) is 50.2 Å². The highest BCUT2D eigenvalue weighted by Crippen LogP contribution is 2.38. The smallest absolute Gasteiger partial charge is 0.371 e. The van der Waals surface area contributed by atoms with Crippen LogP contribution in [0.1, 0.15) is 42.6 Å². The van der Waals surface area contributed by atoms with Crippen LogP contribution in [0.15, 0.2) is 48.5 Å². The lowest BCUT2D eigenvalue weighted by molar-refractivity contribution is -0.174. The molecule has 6 atom stereocenters. The Hall–Kier alpha value is -3.28. The first-order valence-electron chi connectivity index (χ1n) is 15.2. The number of anilines is 2. The van der Waals surface area contributed by atoms with Crippen molar-refractivity contribution < 1.29 is 54.9 Å². The van der Waals surface area contributed by atoms with Crippen LogP contribution in [0.3, 0.4) is 0 Å². The molecule has 0 saturated carbocycles. The van der Waals surface area contributed by atoms with Crippen LogP contribution in [0.4, 0.5) is 37.7 Å². The molecular weight excluding hydrogens is 638 g/mol. The van der Waals surface area contributed by atoms with Gasteiger partial charge in [0.2, 0.25) is 11.8 Å². The van der Waals surface area contributed by atoms with Gasteiger partial charge >= 0.3 is 12.4 Å². The van der Waals surface area contributed by atoms with Crippen molar-refractivity contribution in [2.45, 2.75) is 68.1 Å². The van der Waals surface area contributed by atoms with Crippen LogP contribution >= 0.6 is 0 Å². The highest BCUT2D eigenvalue weighted by atomic mass is 19.4. The summed E-state index contributed by atoms with van der Waals surface area (Å²) in [7, 11) is 0. The van der Waals surface area contributed by atoms with E-state index in [1.54, 1.807) is 24.3 Å². The van der Waals surface area contributed by atoms with Crippen LogP contribution in [0.2, 0.25) is 0 Å². The third-order valence-electron chi connectivity index (χ3n) is 7.97. The number of rotatable bonds is 11. The van der Waals surface area contributed by atoms with Gasteiger partial charge in [-0.25, -0.2) is 0 Å². The third-order valence-corrected chi connectivity index (χ3v) is 7.97. The number of amides is 2. The second-order valence-corrected chi connectivity index (χ2v) is 11.7. The van der Waals surface area contributed by atoms with Crippen LogP contribution < -0.4 is 21.3 Å². The molecule has 0 radical (unpaired) electrons. The molecule has 6 rings (SSSR count). The van der Waals surface area contributed by atoms with Gasteiger partial charge in [-0.1, -0.05) is 24.3 Å². The fourth-order valence-corrected chi connectivity index (χ4v) is 5.88. The summed E-state index contributed by atoms with van der Waals surface area (Å²) in [5.74, 6) is -1.11. The van der Waals surface area contributed by atoms with E-state index in [1.807, 2.05) is 24.3 Å². The van der Waals surface area contributed by atoms with Crippen LogP contribution in [0, 0.1) is 0 Å². The summed E-state index contributed by atoms with van der Waals surface area (Å²) >= 11 is 0. The van der Waals surface area contributed by atoms with Gasteiger partial charge in [-0.2, -0.15) is 26.3 Å². The Morgan fingerprint density at radius 2 is 1.15 bits per heavy atom. The predicted octanol–water partition coefficient (Wildman–Crippen LogP) is 4.40. The van der Waals surface area contributed by atoms with Gasteiger partial charge in [0.05, 0.1) is 37.4 Å². The molecular formula is C31H36F6N4O6. The Morgan fingerprint density at radius 3 is 1.51 bits per heavy atom. The van der Waals surface area contributed by atoms with Gasteiger partial charge < -0.3 is 40.2 Å².